The second-order valence-corrected chi connectivity index (χ2v) is 8.32. The topological polar surface area (TPSA) is 95.2 Å². The van der Waals surface area contributed by atoms with E-state index >= 15 is 0 Å². The second-order valence-electron chi connectivity index (χ2n) is 8.32. The molecule has 1 aliphatic carbocycles. The van der Waals surface area contributed by atoms with Crippen molar-refractivity contribution < 1.29 is 9.53 Å². The number of ether oxygens (including phenoxy) is 1. The Labute approximate surface area is 175 Å². The van der Waals surface area contributed by atoms with Crippen LogP contribution in [0, 0.1) is 11.3 Å². The molecule has 8 heteroatoms. The lowest BCUT2D eigenvalue weighted by atomic mass is 9.79. The highest BCUT2D eigenvalue weighted by atomic mass is 16.5. The number of carbonyl (C=O) groups excluding carboxylic acids is 1. The zero-order valence-electron chi connectivity index (χ0n) is 16.8. The van der Waals surface area contributed by atoms with Crippen LogP contribution in [0.15, 0.2) is 36.8 Å². The largest absolute Gasteiger partial charge is 0.357 e. The average Bonchev–Trinajstić information content (AvgIpc) is 3.02. The number of aromatic nitrogens is 3. The molecule has 2 aromatic heterocycles. The normalized spacial score (nSPS) is 24.2. The average molecular weight is 404 g/mol. The van der Waals surface area contributed by atoms with Gasteiger partial charge in [-0.3, -0.25) is 4.79 Å². The molecule has 2 aromatic rings. The molecule has 2 aliphatic heterocycles. The summed E-state index contributed by atoms with van der Waals surface area (Å²) in [6.45, 7) is 1.41. The molecule has 1 unspecified atom stereocenters. The van der Waals surface area contributed by atoms with Crippen molar-refractivity contribution in [3.8, 4) is 6.07 Å². The van der Waals surface area contributed by atoms with Crippen LogP contribution in [0.5, 0.6) is 0 Å². The lowest BCUT2D eigenvalue weighted by Crippen LogP contribution is -2.56. The van der Waals surface area contributed by atoms with Gasteiger partial charge in [-0.25, -0.2) is 15.0 Å². The van der Waals surface area contributed by atoms with Gasteiger partial charge in [0.05, 0.1) is 5.56 Å². The molecule has 8 nitrogen and oxygen atoms in total. The minimum absolute atomic E-state index is 0.0292. The number of anilines is 1. The molecule has 5 rings (SSSR count). The minimum atomic E-state index is -0.510. The summed E-state index contributed by atoms with van der Waals surface area (Å²) in [7, 11) is 0. The lowest BCUT2D eigenvalue weighted by Gasteiger charge is -2.43. The summed E-state index contributed by atoms with van der Waals surface area (Å²) in [6, 6.07) is 8.11. The van der Waals surface area contributed by atoms with Gasteiger partial charge in [-0.15, -0.1) is 0 Å². The van der Waals surface area contributed by atoms with Crippen LogP contribution < -0.4 is 4.90 Å². The number of nitrogens with zero attached hydrogens (tertiary/aromatic N) is 6. The Hall–Kier alpha value is -3.05. The molecule has 2 atom stereocenters. The van der Waals surface area contributed by atoms with Gasteiger partial charge >= 0.3 is 0 Å². The number of fused-ring (bicyclic) bond motifs is 2. The van der Waals surface area contributed by atoms with E-state index in [0.29, 0.717) is 24.5 Å². The van der Waals surface area contributed by atoms with Gasteiger partial charge in [-0.05, 0) is 50.3 Å². The maximum atomic E-state index is 13.0. The first-order valence-corrected chi connectivity index (χ1v) is 10.5. The highest BCUT2D eigenvalue weighted by molar-refractivity contribution is 5.78. The number of hydrogen-bond acceptors (Lipinski definition) is 7. The van der Waals surface area contributed by atoms with E-state index in [9.17, 15) is 4.79 Å². The summed E-state index contributed by atoms with van der Waals surface area (Å²) < 4.78 is 6.12. The van der Waals surface area contributed by atoms with E-state index in [1.54, 1.807) is 30.7 Å². The molecular formula is C22H24N6O2. The third-order valence-corrected chi connectivity index (χ3v) is 6.58. The van der Waals surface area contributed by atoms with Crippen molar-refractivity contribution in [1.29, 1.82) is 5.26 Å². The Bertz CT molecular complexity index is 940. The van der Waals surface area contributed by atoms with Gasteiger partial charge in [-0.2, -0.15) is 5.26 Å². The molecule has 0 N–H and O–H groups in total. The second kappa shape index (κ2) is 7.65. The molecule has 3 aliphatic rings. The molecule has 0 spiro atoms. The number of amides is 1. The number of piperazine rings is 1. The number of likely N-dealkylation sites (tertiary alicyclic amines) is 1. The first-order valence-electron chi connectivity index (χ1n) is 10.5. The van der Waals surface area contributed by atoms with E-state index in [1.165, 1.54) is 0 Å². The van der Waals surface area contributed by atoms with E-state index in [4.69, 9.17) is 10.00 Å². The maximum Gasteiger partial charge on any atom is 0.248 e. The van der Waals surface area contributed by atoms with Crippen molar-refractivity contribution in [2.75, 3.05) is 24.6 Å². The van der Waals surface area contributed by atoms with E-state index < -0.39 is 5.60 Å². The maximum absolute atomic E-state index is 13.0. The highest BCUT2D eigenvalue weighted by Gasteiger charge is 2.45. The third-order valence-electron chi connectivity index (χ3n) is 6.58. The van der Waals surface area contributed by atoms with Crippen LogP contribution in [0.3, 0.4) is 0 Å². The quantitative estimate of drug-likeness (QED) is 0.752. The summed E-state index contributed by atoms with van der Waals surface area (Å²) in [5.74, 6) is 1.60. The summed E-state index contributed by atoms with van der Waals surface area (Å²) >= 11 is 0. The van der Waals surface area contributed by atoms with Gasteiger partial charge in [0.25, 0.3) is 0 Å². The fraction of sp³-hybridized carbons (Fsp3) is 0.500. The van der Waals surface area contributed by atoms with Gasteiger partial charge in [0, 0.05) is 43.8 Å². The van der Waals surface area contributed by atoms with Crippen LogP contribution in [0.2, 0.25) is 0 Å². The van der Waals surface area contributed by atoms with Crippen molar-refractivity contribution >= 4 is 11.7 Å². The number of nitriles is 1. The molecule has 1 amide bonds. The van der Waals surface area contributed by atoms with E-state index in [1.807, 2.05) is 11.0 Å². The van der Waals surface area contributed by atoms with Gasteiger partial charge in [0.15, 0.2) is 5.82 Å². The smallest absolute Gasteiger partial charge is 0.248 e. The first kappa shape index (κ1) is 18.9. The molecule has 0 radical (unpaired) electrons. The van der Waals surface area contributed by atoms with Crippen LogP contribution in [0.4, 0.5) is 5.82 Å². The standard InChI is InChI=1S/C22H24N6O2/c23-11-16-3-6-19(26-12-16)28-17-4-5-18(28)14-27(13-17)20(29)15-30-22(7-1-8-22)21-24-9-2-10-25-21/h2-3,6,9-10,12,17-18H,1,4-5,7-8,13-15H2/t17-,18?/m0/s1. The third kappa shape index (κ3) is 3.29. The van der Waals surface area contributed by atoms with Crippen LogP contribution in [-0.4, -0.2) is 57.5 Å². The molecule has 1 saturated carbocycles. The fourth-order valence-electron chi connectivity index (χ4n) is 4.84. The molecule has 30 heavy (non-hydrogen) atoms. The van der Waals surface area contributed by atoms with E-state index in [0.717, 1.165) is 37.9 Å². The van der Waals surface area contributed by atoms with E-state index in [2.05, 4.69) is 25.9 Å². The van der Waals surface area contributed by atoms with Crippen molar-refractivity contribution in [1.82, 2.24) is 19.9 Å². The van der Waals surface area contributed by atoms with Crippen LogP contribution in [0.25, 0.3) is 0 Å². The predicted molar refractivity (Wildman–Crippen MR) is 108 cm³/mol. The molecule has 2 bridgehead atoms. The predicted octanol–water partition coefficient (Wildman–Crippen LogP) is 2.02. The molecule has 154 valence electrons. The summed E-state index contributed by atoms with van der Waals surface area (Å²) in [6.07, 6.45) is 9.92. The van der Waals surface area contributed by atoms with Gasteiger partial charge in [0.1, 0.15) is 24.1 Å². The molecule has 2 saturated heterocycles. The molecule has 4 heterocycles. The van der Waals surface area contributed by atoms with Crippen molar-refractivity contribution in [2.45, 2.75) is 49.8 Å². The number of rotatable bonds is 5. The Balaban J connectivity index is 1.23. The molecular weight excluding hydrogens is 380 g/mol. The van der Waals surface area contributed by atoms with Crippen LogP contribution >= 0.6 is 0 Å². The Morgan fingerprint density at radius 2 is 1.90 bits per heavy atom. The van der Waals surface area contributed by atoms with Crippen molar-refractivity contribution in [2.24, 2.45) is 0 Å². The summed E-state index contributed by atoms with van der Waals surface area (Å²) in [5.41, 5.74) is 0.0498. The highest BCUT2D eigenvalue weighted by Crippen LogP contribution is 2.43. The monoisotopic (exact) mass is 404 g/mol. The number of hydrogen-bond donors (Lipinski definition) is 0. The molecule has 0 aromatic carbocycles. The SMILES string of the molecule is N#Cc1ccc(N2C3CC[C@H]2CN(C(=O)COC2(c4ncccn4)CCC2)C3)nc1. The summed E-state index contributed by atoms with van der Waals surface area (Å²) in [4.78, 5) is 30.4. The van der Waals surface area contributed by atoms with Crippen LogP contribution in [-0.2, 0) is 15.1 Å². The van der Waals surface area contributed by atoms with Gasteiger partial charge < -0.3 is 14.5 Å². The van der Waals surface area contributed by atoms with Gasteiger partial charge in [-0.1, -0.05) is 0 Å². The van der Waals surface area contributed by atoms with Gasteiger partial charge in [0.2, 0.25) is 5.91 Å². The number of pyridine rings is 1. The van der Waals surface area contributed by atoms with E-state index in [-0.39, 0.29) is 24.6 Å². The zero-order chi connectivity index (χ0) is 20.6. The fourth-order valence-corrected chi connectivity index (χ4v) is 4.84. The number of carbonyl (C=O) groups is 1. The zero-order valence-corrected chi connectivity index (χ0v) is 16.8. The first-order chi connectivity index (χ1) is 14.7. The Morgan fingerprint density at radius 1 is 1.17 bits per heavy atom. The Kier molecular flexibility index (Phi) is 4.83. The van der Waals surface area contributed by atoms with Crippen molar-refractivity contribution in [3.05, 3.63) is 48.2 Å². The lowest BCUT2D eigenvalue weighted by molar-refractivity contribution is -0.156. The van der Waals surface area contributed by atoms with Crippen LogP contribution in [0.1, 0.15) is 43.5 Å². The Morgan fingerprint density at radius 3 is 2.47 bits per heavy atom. The minimum Gasteiger partial charge on any atom is -0.357 e. The van der Waals surface area contributed by atoms with Crippen molar-refractivity contribution in [3.63, 3.8) is 0 Å². The summed E-state index contributed by atoms with van der Waals surface area (Å²) in [5, 5.41) is 8.99. The molecule has 3 fully saturated rings.